The van der Waals surface area contributed by atoms with Crippen LogP contribution in [0.15, 0.2) is 22.7 Å². The van der Waals surface area contributed by atoms with Crippen LogP contribution in [0, 0.1) is 0 Å². The second kappa shape index (κ2) is 5.39. The first-order valence-electron chi connectivity index (χ1n) is 5.55. The molecule has 0 spiro atoms. The van der Waals surface area contributed by atoms with Gasteiger partial charge in [0.15, 0.2) is 0 Å². The largest absolute Gasteiger partial charge is 0.381 e. The first-order chi connectivity index (χ1) is 7.65. The quantitative estimate of drug-likeness (QED) is 0.898. The highest BCUT2D eigenvalue weighted by Gasteiger charge is 2.16. The summed E-state index contributed by atoms with van der Waals surface area (Å²) in [7, 11) is 2.17. The maximum atomic E-state index is 6.17. The van der Waals surface area contributed by atoms with Gasteiger partial charge in [0.25, 0.3) is 0 Å². The molecular weight excluding hydrogens is 288 g/mol. The van der Waals surface area contributed by atoms with Crippen molar-refractivity contribution >= 4 is 33.2 Å². The number of likely N-dealkylation sites (tertiary alicyclic amines) is 1. The molecule has 88 valence electrons. The number of halogens is 2. The Kier molecular flexibility index (Phi) is 4.11. The number of piperidine rings is 1. The lowest BCUT2D eigenvalue weighted by molar-refractivity contribution is 0.264. The number of anilines is 1. The highest BCUT2D eigenvalue weighted by Crippen LogP contribution is 2.27. The van der Waals surface area contributed by atoms with Crippen molar-refractivity contribution < 1.29 is 0 Å². The van der Waals surface area contributed by atoms with E-state index < -0.39 is 0 Å². The van der Waals surface area contributed by atoms with E-state index in [-0.39, 0.29) is 0 Å². The van der Waals surface area contributed by atoms with E-state index in [2.05, 4.69) is 33.2 Å². The van der Waals surface area contributed by atoms with Crippen LogP contribution < -0.4 is 5.32 Å². The van der Waals surface area contributed by atoms with Crippen molar-refractivity contribution in [3.63, 3.8) is 0 Å². The molecule has 1 aromatic rings. The summed E-state index contributed by atoms with van der Waals surface area (Å²) in [5.41, 5.74) is 1.04. The molecule has 0 aliphatic carbocycles. The summed E-state index contributed by atoms with van der Waals surface area (Å²) >= 11 is 9.58. The van der Waals surface area contributed by atoms with Gasteiger partial charge in [-0.2, -0.15) is 0 Å². The van der Waals surface area contributed by atoms with Crippen LogP contribution >= 0.6 is 27.5 Å². The van der Waals surface area contributed by atoms with Gasteiger partial charge in [-0.05, 0) is 51.2 Å². The van der Waals surface area contributed by atoms with Crippen LogP contribution in [-0.2, 0) is 0 Å². The number of nitrogens with one attached hydrogen (secondary N) is 1. The number of nitrogens with zero attached hydrogens (tertiary/aromatic N) is 1. The van der Waals surface area contributed by atoms with Gasteiger partial charge in [0, 0.05) is 10.5 Å². The molecule has 0 radical (unpaired) electrons. The van der Waals surface area contributed by atoms with Crippen molar-refractivity contribution in [1.82, 2.24) is 4.90 Å². The summed E-state index contributed by atoms with van der Waals surface area (Å²) < 4.78 is 1.02. The second-order valence-electron chi connectivity index (χ2n) is 4.35. The van der Waals surface area contributed by atoms with E-state index in [4.69, 9.17) is 11.6 Å². The molecule has 1 saturated heterocycles. The smallest absolute Gasteiger partial charge is 0.0648 e. The van der Waals surface area contributed by atoms with E-state index in [0.29, 0.717) is 6.04 Å². The minimum Gasteiger partial charge on any atom is -0.381 e. The topological polar surface area (TPSA) is 15.3 Å². The Bertz CT molecular complexity index is 362. The van der Waals surface area contributed by atoms with E-state index >= 15 is 0 Å². The standard InChI is InChI=1S/C12H16BrClN2/c1-16-6-4-10(5-7-16)15-12-3-2-9(13)8-11(12)14/h2-3,8,10,15H,4-7H2,1H3. The molecule has 1 fully saturated rings. The van der Waals surface area contributed by atoms with E-state index in [1.165, 1.54) is 12.8 Å². The first kappa shape index (κ1) is 12.2. The summed E-state index contributed by atoms with van der Waals surface area (Å²) in [5, 5.41) is 4.30. The lowest BCUT2D eigenvalue weighted by Crippen LogP contribution is -2.36. The molecule has 2 nitrogen and oxygen atoms in total. The number of rotatable bonds is 2. The van der Waals surface area contributed by atoms with Gasteiger partial charge in [0.1, 0.15) is 0 Å². The number of benzene rings is 1. The predicted octanol–water partition coefficient (Wildman–Crippen LogP) is 3.61. The fourth-order valence-corrected chi connectivity index (χ4v) is 2.71. The van der Waals surface area contributed by atoms with Crippen LogP contribution in [0.1, 0.15) is 12.8 Å². The molecule has 1 heterocycles. The minimum atomic E-state index is 0.551. The molecular formula is C12H16BrClN2. The maximum Gasteiger partial charge on any atom is 0.0648 e. The molecule has 0 saturated carbocycles. The molecule has 2 rings (SSSR count). The third-order valence-corrected chi connectivity index (χ3v) is 3.82. The summed E-state index contributed by atoms with van der Waals surface area (Å²) in [6, 6.07) is 6.53. The average molecular weight is 304 g/mol. The van der Waals surface area contributed by atoms with E-state index in [9.17, 15) is 0 Å². The van der Waals surface area contributed by atoms with Crippen molar-refractivity contribution in [3.05, 3.63) is 27.7 Å². The molecule has 0 atom stereocenters. The van der Waals surface area contributed by atoms with Gasteiger partial charge >= 0.3 is 0 Å². The van der Waals surface area contributed by atoms with Gasteiger partial charge in [-0.1, -0.05) is 27.5 Å². The maximum absolute atomic E-state index is 6.17. The Hall–Kier alpha value is -0.250. The Balaban J connectivity index is 1.98. The van der Waals surface area contributed by atoms with Crippen molar-refractivity contribution in [2.75, 3.05) is 25.5 Å². The summed E-state index contributed by atoms with van der Waals surface area (Å²) in [5.74, 6) is 0. The first-order valence-corrected chi connectivity index (χ1v) is 6.72. The highest BCUT2D eigenvalue weighted by atomic mass is 79.9. The Labute approximate surface area is 110 Å². The van der Waals surface area contributed by atoms with Gasteiger partial charge in [0.2, 0.25) is 0 Å². The average Bonchev–Trinajstić information content (AvgIpc) is 2.25. The van der Waals surface area contributed by atoms with Crippen LogP contribution in [-0.4, -0.2) is 31.1 Å². The highest BCUT2D eigenvalue weighted by molar-refractivity contribution is 9.10. The zero-order chi connectivity index (χ0) is 11.5. The van der Waals surface area contributed by atoms with Crippen LogP contribution in [0.25, 0.3) is 0 Å². The molecule has 0 amide bonds. The number of hydrogen-bond donors (Lipinski definition) is 1. The summed E-state index contributed by atoms with van der Waals surface area (Å²) in [4.78, 5) is 2.36. The third-order valence-electron chi connectivity index (χ3n) is 3.01. The molecule has 0 bridgehead atoms. The van der Waals surface area contributed by atoms with Crippen LogP contribution in [0.3, 0.4) is 0 Å². The zero-order valence-electron chi connectivity index (χ0n) is 9.34. The molecule has 0 unspecified atom stereocenters. The Morgan fingerprint density at radius 2 is 2.06 bits per heavy atom. The molecule has 0 aromatic heterocycles. The van der Waals surface area contributed by atoms with Crippen LogP contribution in [0.5, 0.6) is 0 Å². The Morgan fingerprint density at radius 1 is 1.38 bits per heavy atom. The fourth-order valence-electron chi connectivity index (χ4n) is 1.98. The molecule has 1 aliphatic rings. The lowest BCUT2D eigenvalue weighted by atomic mass is 10.1. The number of hydrogen-bond acceptors (Lipinski definition) is 2. The van der Waals surface area contributed by atoms with Crippen LogP contribution in [0.2, 0.25) is 5.02 Å². The van der Waals surface area contributed by atoms with Gasteiger partial charge in [0.05, 0.1) is 10.7 Å². The van der Waals surface area contributed by atoms with Crippen molar-refractivity contribution in [3.8, 4) is 0 Å². The SMILES string of the molecule is CN1CCC(Nc2ccc(Br)cc2Cl)CC1. The van der Waals surface area contributed by atoms with Gasteiger partial charge in [-0.3, -0.25) is 0 Å². The van der Waals surface area contributed by atoms with Crippen LogP contribution in [0.4, 0.5) is 5.69 Å². The molecule has 1 aromatic carbocycles. The van der Waals surface area contributed by atoms with Gasteiger partial charge < -0.3 is 10.2 Å². The lowest BCUT2D eigenvalue weighted by Gasteiger charge is -2.30. The Morgan fingerprint density at radius 3 is 2.69 bits per heavy atom. The van der Waals surface area contributed by atoms with Crippen molar-refractivity contribution in [2.45, 2.75) is 18.9 Å². The zero-order valence-corrected chi connectivity index (χ0v) is 11.7. The second-order valence-corrected chi connectivity index (χ2v) is 5.67. The predicted molar refractivity (Wildman–Crippen MR) is 73.3 cm³/mol. The van der Waals surface area contributed by atoms with Crippen molar-refractivity contribution in [2.24, 2.45) is 0 Å². The van der Waals surface area contributed by atoms with E-state index in [0.717, 1.165) is 28.3 Å². The fraction of sp³-hybridized carbons (Fsp3) is 0.500. The minimum absolute atomic E-state index is 0.551. The third kappa shape index (κ3) is 3.12. The summed E-state index contributed by atoms with van der Waals surface area (Å²) in [6.07, 6.45) is 2.37. The van der Waals surface area contributed by atoms with E-state index in [1.54, 1.807) is 0 Å². The van der Waals surface area contributed by atoms with Gasteiger partial charge in [-0.25, -0.2) is 0 Å². The normalized spacial score (nSPS) is 18.7. The van der Waals surface area contributed by atoms with Gasteiger partial charge in [-0.15, -0.1) is 0 Å². The molecule has 4 heteroatoms. The monoisotopic (exact) mass is 302 g/mol. The summed E-state index contributed by atoms with van der Waals surface area (Å²) in [6.45, 7) is 2.32. The molecule has 16 heavy (non-hydrogen) atoms. The molecule has 1 N–H and O–H groups in total. The van der Waals surface area contributed by atoms with Crippen molar-refractivity contribution in [1.29, 1.82) is 0 Å². The van der Waals surface area contributed by atoms with E-state index in [1.807, 2.05) is 18.2 Å². The molecule has 1 aliphatic heterocycles.